The molecule has 0 saturated heterocycles. The SMILES string of the molecule is Cc1cc(C(O)C2(CN)CC2)sn1. The van der Waals surface area contributed by atoms with E-state index in [1.165, 1.54) is 11.5 Å². The minimum absolute atomic E-state index is 0.0288. The molecule has 0 aromatic carbocycles. The third-order valence-electron chi connectivity index (χ3n) is 2.79. The molecular weight excluding hydrogens is 184 g/mol. The summed E-state index contributed by atoms with van der Waals surface area (Å²) in [6.07, 6.45) is 1.69. The van der Waals surface area contributed by atoms with Crippen LogP contribution in [0.5, 0.6) is 0 Å². The number of aliphatic hydroxyl groups excluding tert-OH is 1. The van der Waals surface area contributed by atoms with Crippen LogP contribution in [0.3, 0.4) is 0 Å². The lowest BCUT2D eigenvalue weighted by molar-refractivity contribution is 0.101. The normalized spacial score (nSPS) is 21.5. The Balaban J connectivity index is 2.17. The van der Waals surface area contributed by atoms with Crippen LogP contribution in [-0.2, 0) is 0 Å². The highest BCUT2D eigenvalue weighted by Gasteiger charge is 2.48. The Morgan fingerprint density at radius 3 is 2.85 bits per heavy atom. The van der Waals surface area contributed by atoms with Crippen molar-refractivity contribution < 1.29 is 5.11 Å². The first-order chi connectivity index (χ1) is 6.18. The lowest BCUT2D eigenvalue weighted by Gasteiger charge is -2.18. The lowest BCUT2D eigenvalue weighted by atomic mass is 9.98. The zero-order valence-corrected chi connectivity index (χ0v) is 8.47. The van der Waals surface area contributed by atoms with E-state index in [9.17, 15) is 5.11 Å². The number of aromatic nitrogens is 1. The fourth-order valence-corrected chi connectivity index (χ4v) is 2.44. The van der Waals surface area contributed by atoms with Crippen LogP contribution in [0.25, 0.3) is 0 Å². The number of nitrogens with zero attached hydrogens (tertiary/aromatic N) is 1. The van der Waals surface area contributed by atoms with Crippen LogP contribution in [0.2, 0.25) is 0 Å². The van der Waals surface area contributed by atoms with Gasteiger partial charge in [-0.15, -0.1) is 0 Å². The van der Waals surface area contributed by atoms with Crippen molar-refractivity contribution in [2.24, 2.45) is 11.1 Å². The quantitative estimate of drug-likeness (QED) is 0.768. The summed E-state index contributed by atoms with van der Waals surface area (Å²) >= 11 is 1.38. The largest absolute Gasteiger partial charge is 0.387 e. The predicted octanol–water partition coefficient (Wildman–Crippen LogP) is 1.22. The molecule has 1 saturated carbocycles. The molecule has 0 bridgehead atoms. The van der Waals surface area contributed by atoms with Gasteiger partial charge in [0.1, 0.15) is 0 Å². The van der Waals surface area contributed by atoms with E-state index >= 15 is 0 Å². The van der Waals surface area contributed by atoms with Crippen LogP contribution >= 0.6 is 11.5 Å². The van der Waals surface area contributed by atoms with Gasteiger partial charge in [0, 0.05) is 12.0 Å². The third-order valence-corrected chi connectivity index (χ3v) is 3.73. The first-order valence-corrected chi connectivity index (χ1v) is 5.27. The summed E-state index contributed by atoms with van der Waals surface area (Å²) in [5.74, 6) is 0. The van der Waals surface area contributed by atoms with E-state index in [1.807, 2.05) is 13.0 Å². The number of nitrogens with two attached hydrogens (primary N) is 1. The molecule has 2 rings (SSSR count). The summed E-state index contributed by atoms with van der Waals surface area (Å²) in [5.41, 5.74) is 6.59. The van der Waals surface area contributed by atoms with Gasteiger partial charge in [0.05, 0.1) is 16.7 Å². The Hall–Kier alpha value is -0.450. The Labute approximate surface area is 81.8 Å². The van der Waals surface area contributed by atoms with Gasteiger partial charge in [0.2, 0.25) is 0 Å². The van der Waals surface area contributed by atoms with Crippen molar-refractivity contribution in [3.63, 3.8) is 0 Å². The second-order valence-electron chi connectivity index (χ2n) is 3.84. The van der Waals surface area contributed by atoms with E-state index in [2.05, 4.69) is 4.37 Å². The topological polar surface area (TPSA) is 59.1 Å². The molecule has 3 N–H and O–H groups in total. The van der Waals surface area contributed by atoms with E-state index in [-0.39, 0.29) is 5.41 Å². The van der Waals surface area contributed by atoms with Crippen LogP contribution in [-0.4, -0.2) is 16.0 Å². The molecule has 0 aliphatic heterocycles. The van der Waals surface area contributed by atoms with Crippen molar-refractivity contribution in [2.45, 2.75) is 25.9 Å². The molecule has 1 aromatic heterocycles. The van der Waals surface area contributed by atoms with Gasteiger partial charge < -0.3 is 10.8 Å². The molecule has 1 atom stereocenters. The Kier molecular flexibility index (Phi) is 2.14. The zero-order chi connectivity index (χ0) is 9.47. The maximum absolute atomic E-state index is 10.0. The van der Waals surface area contributed by atoms with E-state index in [0.717, 1.165) is 23.4 Å². The molecule has 1 unspecified atom stereocenters. The Morgan fingerprint density at radius 1 is 1.77 bits per heavy atom. The van der Waals surface area contributed by atoms with Crippen molar-refractivity contribution in [3.8, 4) is 0 Å². The van der Waals surface area contributed by atoms with Gasteiger partial charge in [-0.3, -0.25) is 0 Å². The maximum Gasteiger partial charge on any atom is 0.0966 e. The van der Waals surface area contributed by atoms with Gasteiger partial charge in [-0.1, -0.05) is 0 Å². The van der Waals surface area contributed by atoms with Gasteiger partial charge in [-0.25, -0.2) is 0 Å². The molecule has 1 heterocycles. The molecule has 0 radical (unpaired) electrons. The second kappa shape index (κ2) is 3.04. The summed E-state index contributed by atoms with van der Waals surface area (Å²) in [6, 6.07) is 1.95. The van der Waals surface area contributed by atoms with Crippen molar-refractivity contribution >= 4 is 11.5 Å². The molecule has 1 aliphatic carbocycles. The summed E-state index contributed by atoms with van der Waals surface area (Å²) in [5, 5.41) is 10.0. The van der Waals surface area contributed by atoms with E-state index in [1.54, 1.807) is 0 Å². The smallest absolute Gasteiger partial charge is 0.0966 e. The molecule has 1 aliphatic rings. The summed E-state index contributed by atoms with van der Waals surface area (Å²) in [6.45, 7) is 2.51. The molecule has 1 aromatic rings. The fraction of sp³-hybridized carbons (Fsp3) is 0.667. The maximum atomic E-state index is 10.0. The van der Waals surface area contributed by atoms with Gasteiger partial charge in [0.25, 0.3) is 0 Å². The summed E-state index contributed by atoms with van der Waals surface area (Å²) in [4.78, 5) is 0.959. The number of hydrogen-bond acceptors (Lipinski definition) is 4. The van der Waals surface area contributed by atoms with Crippen LogP contribution < -0.4 is 5.73 Å². The third kappa shape index (κ3) is 1.49. The number of aliphatic hydroxyl groups is 1. The number of rotatable bonds is 3. The second-order valence-corrected chi connectivity index (χ2v) is 4.68. The monoisotopic (exact) mass is 198 g/mol. The van der Waals surface area contributed by atoms with Gasteiger partial charge >= 0.3 is 0 Å². The van der Waals surface area contributed by atoms with Gasteiger partial charge in [0.15, 0.2) is 0 Å². The van der Waals surface area contributed by atoms with Crippen molar-refractivity contribution in [1.82, 2.24) is 4.37 Å². The standard InChI is InChI=1S/C9H14N2OS/c1-6-4-7(13-11-6)8(12)9(5-10)2-3-9/h4,8,12H,2-3,5,10H2,1H3. The van der Waals surface area contributed by atoms with Crippen LogP contribution in [0.1, 0.15) is 29.5 Å². The number of aryl methyl sites for hydroxylation is 1. The highest BCUT2D eigenvalue weighted by molar-refractivity contribution is 7.05. The van der Waals surface area contributed by atoms with E-state index < -0.39 is 6.10 Å². The minimum atomic E-state index is -0.399. The number of hydrogen-bond donors (Lipinski definition) is 2. The molecule has 4 heteroatoms. The summed E-state index contributed by atoms with van der Waals surface area (Å²) in [7, 11) is 0. The summed E-state index contributed by atoms with van der Waals surface area (Å²) < 4.78 is 4.15. The van der Waals surface area contributed by atoms with Crippen molar-refractivity contribution in [1.29, 1.82) is 0 Å². The van der Waals surface area contributed by atoms with E-state index in [4.69, 9.17) is 5.73 Å². The van der Waals surface area contributed by atoms with Crippen LogP contribution in [0.15, 0.2) is 6.07 Å². The average Bonchev–Trinajstić information content (AvgIpc) is 2.82. The van der Waals surface area contributed by atoms with Crippen molar-refractivity contribution in [3.05, 3.63) is 16.6 Å². The lowest BCUT2D eigenvalue weighted by Crippen LogP contribution is -2.22. The average molecular weight is 198 g/mol. The van der Waals surface area contributed by atoms with Crippen LogP contribution in [0.4, 0.5) is 0 Å². The molecule has 1 fully saturated rings. The minimum Gasteiger partial charge on any atom is -0.387 e. The highest BCUT2D eigenvalue weighted by Crippen LogP contribution is 2.54. The van der Waals surface area contributed by atoms with Gasteiger partial charge in [-0.05, 0) is 37.4 Å². The highest BCUT2D eigenvalue weighted by atomic mass is 32.1. The molecule has 0 spiro atoms. The molecule has 3 nitrogen and oxygen atoms in total. The molecule has 72 valence electrons. The van der Waals surface area contributed by atoms with Crippen LogP contribution in [0, 0.1) is 12.3 Å². The fourth-order valence-electron chi connectivity index (χ4n) is 1.56. The first-order valence-electron chi connectivity index (χ1n) is 4.49. The Bertz CT molecular complexity index is 306. The van der Waals surface area contributed by atoms with Crippen molar-refractivity contribution in [2.75, 3.05) is 6.54 Å². The first kappa shape index (κ1) is 9.12. The van der Waals surface area contributed by atoms with E-state index in [0.29, 0.717) is 6.54 Å². The molecule has 13 heavy (non-hydrogen) atoms. The molecular formula is C9H14N2OS. The zero-order valence-electron chi connectivity index (χ0n) is 7.66. The molecule has 0 amide bonds. The predicted molar refractivity (Wildman–Crippen MR) is 52.5 cm³/mol. The van der Waals surface area contributed by atoms with Gasteiger partial charge in [-0.2, -0.15) is 4.37 Å². The Morgan fingerprint density at radius 2 is 2.46 bits per heavy atom.